The van der Waals surface area contributed by atoms with E-state index in [9.17, 15) is 4.79 Å². The molecule has 0 spiro atoms. The standard InChI is InChI=1S/C23H24N2O2S/c26-22-21(28-23(24-22)25-14-6-1-2-7-15-25)16-18-10-12-20(13-11-18)27-17-19-8-4-3-5-9-19/h3-5,8-13,16H,1-2,6-7,14-15,17H2/b21-16+. The number of hydrogen-bond donors (Lipinski definition) is 0. The van der Waals surface area contributed by atoms with Gasteiger partial charge in [-0.2, -0.15) is 4.99 Å². The summed E-state index contributed by atoms with van der Waals surface area (Å²) in [5.74, 6) is 0.687. The van der Waals surface area contributed by atoms with E-state index in [0.29, 0.717) is 11.5 Å². The Labute approximate surface area is 170 Å². The number of amidine groups is 1. The van der Waals surface area contributed by atoms with Crippen LogP contribution in [0.4, 0.5) is 0 Å². The van der Waals surface area contributed by atoms with Gasteiger partial charge in [0.2, 0.25) is 0 Å². The van der Waals surface area contributed by atoms with E-state index in [2.05, 4.69) is 9.89 Å². The van der Waals surface area contributed by atoms with Crippen LogP contribution in [-0.4, -0.2) is 29.1 Å². The third-order valence-electron chi connectivity index (χ3n) is 4.91. The summed E-state index contributed by atoms with van der Waals surface area (Å²) in [5.41, 5.74) is 2.12. The monoisotopic (exact) mass is 392 g/mol. The predicted octanol–water partition coefficient (Wildman–Crippen LogP) is 5.11. The van der Waals surface area contributed by atoms with Gasteiger partial charge in [-0.25, -0.2) is 0 Å². The number of amides is 1. The summed E-state index contributed by atoms with van der Waals surface area (Å²) in [6.07, 6.45) is 6.81. The van der Waals surface area contributed by atoms with Gasteiger partial charge in [-0.3, -0.25) is 4.79 Å². The lowest BCUT2D eigenvalue weighted by atomic mass is 10.2. The Bertz CT molecular complexity index is 867. The first-order valence-corrected chi connectivity index (χ1v) is 10.6. The number of thioether (sulfide) groups is 1. The zero-order chi connectivity index (χ0) is 19.2. The molecule has 28 heavy (non-hydrogen) atoms. The van der Waals surface area contributed by atoms with Crippen LogP contribution in [0.5, 0.6) is 5.75 Å². The summed E-state index contributed by atoms with van der Waals surface area (Å²) < 4.78 is 5.82. The number of benzene rings is 2. The van der Waals surface area contributed by atoms with E-state index < -0.39 is 0 Å². The first kappa shape index (κ1) is 18.8. The van der Waals surface area contributed by atoms with Crippen LogP contribution < -0.4 is 4.74 Å². The molecule has 1 saturated heterocycles. The summed E-state index contributed by atoms with van der Waals surface area (Å²) in [5, 5.41) is 0.862. The second kappa shape index (κ2) is 9.11. The number of nitrogens with zero attached hydrogens (tertiary/aromatic N) is 2. The molecule has 0 radical (unpaired) electrons. The van der Waals surface area contributed by atoms with Crippen LogP contribution in [0.15, 0.2) is 64.5 Å². The van der Waals surface area contributed by atoms with Crippen LogP contribution in [0.2, 0.25) is 0 Å². The fourth-order valence-corrected chi connectivity index (χ4v) is 4.31. The Morgan fingerprint density at radius 2 is 1.68 bits per heavy atom. The SMILES string of the molecule is O=C1N=C(N2CCCCCC2)S/C1=C/c1ccc(OCc2ccccc2)cc1. The molecule has 1 amide bonds. The molecule has 0 atom stereocenters. The van der Waals surface area contributed by atoms with Crippen LogP contribution in [0.3, 0.4) is 0 Å². The van der Waals surface area contributed by atoms with Crippen molar-refractivity contribution in [2.75, 3.05) is 13.1 Å². The molecular weight excluding hydrogens is 368 g/mol. The Morgan fingerprint density at radius 3 is 2.39 bits per heavy atom. The molecule has 4 nitrogen and oxygen atoms in total. The molecule has 5 heteroatoms. The fraction of sp³-hybridized carbons (Fsp3) is 0.304. The molecule has 2 aromatic rings. The second-order valence-electron chi connectivity index (χ2n) is 7.05. The van der Waals surface area contributed by atoms with Crippen molar-refractivity contribution >= 4 is 28.9 Å². The van der Waals surface area contributed by atoms with Gasteiger partial charge in [0, 0.05) is 13.1 Å². The van der Waals surface area contributed by atoms with Crippen molar-refractivity contribution in [3.63, 3.8) is 0 Å². The minimum atomic E-state index is -0.131. The van der Waals surface area contributed by atoms with E-state index in [4.69, 9.17) is 4.74 Å². The van der Waals surface area contributed by atoms with E-state index in [0.717, 1.165) is 35.1 Å². The Morgan fingerprint density at radius 1 is 0.964 bits per heavy atom. The molecule has 0 saturated carbocycles. The Kier molecular flexibility index (Phi) is 6.12. The lowest BCUT2D eigenvalue weighted by molar-refractivity contribution is -0.113. The molecule has 2 aliphatic heterocycles. The van der Waals surface area contributed by atoms with Crippen molar-refractivity contribution in [1.29, 1.82) is 0 Å². The normalized spacial score (nSPS) is 18.9. The molecule has 4 rings (SSSR count). The van der Waals surface area contributed by atoms with Gasteiger partial charge in [0.1, 0.15) is 12.4 Å². The molecular formula is C23H24N2O2S. The van der Waals surface area contributed by atoms with Gasteiger partial charge >= 0.3 is 0 Å². The van der Waals surface area contributed by atoms with Gasteiger partial charge in [0.05, 0.1) is 4.91 Å². The van der Waals surface area contributed by atoms with Crippen LogP contribution in [0.1, 0.15) is 36.8 Å². The lowest BCUT2D eigenvalue weighted by Gasteiger charge is -2.20. The van der Waals surface area contributed by atoms with Crippen LogP contribution >= 0.6 is 11.8 Å². The number of likely N-dealkylation sites (tertiary alicyclic amines) is 1. The second-order valence-corrected chi connectivity index (χ2v) is 8.06. The van der Waals surface area contributed by atoms with Gasteiger partial charge in [0.25, 0.3) is 5.91 Å². The zero-order valence-corrected chi connectivity index (χ0v) is 16.7. The molecule has 0 aromatic heterocycles. The third kappa shape index (κ3) is 4.84. The van der Waals surface area contributed by atoms with Crippen LogP contribution in [0, 0.1) is 0 Å². The van der Waals surface area contributed by atoms with Gasteiger partial charge in [-0.1, -0.05) is 55.3 Å². The highest BCUT2D eigenvalue weighted by molar-refractivity contribution is 8.18. The number of carbonyl (C=O) groups is 1. The molecule has 1 fully saturated rings. The first-order valence-electron chi connectivity index (χ1n) is 9.82. The summed E-state index contributed by atoms with van der Waals surface area (Å²) in [6.45, 7) is 2.54. The van der Waals surface area contributed by atoms with Crippen LogP contribution in [0.25, 0.3) is 6.08 Å². The van der Waals surface area contributed by atoms with E-state index in [1.807, 2.05) is 60.7 Å². The topological polar surface area (TPSA) is 41.9 Å². The minimum absolute atomic E-state index is 0.131. The quantitative estimate of drug-likeness (QED) is 0.678. The smallest absolute Gasteiger partial charge is 0.286 e. The highest BCUT2D eigenvalue weighted by atomic mass is 32.2. The Balaban J connectivity index is 1.37. The number of carbonyl (C=O) groups excluding carboxylic acids is 1. The molecule has 0 unspecified atom stereocenters. The molecule has 144 valence electrons. The predicted molar refractivity (Wildman–Crippen MR) is 115 cm³/mol. The van der Waals surface area contributed by atoms with Crippen molar-refractivity contribution in [2.24, 2.45) is 4.99 Å². The van der Waals surface area contributed by atoms with Crippen molar-refractivity contribution in [3.05, 3.63) is 70.6 Å². The van der Waals surface area contributed by atoms with E-state index >= 15 is 0 Å². The molecule has 0 aliphatic carbocycles. The molecule has 2 aromatic carbocycles. The molecule has 0 bridgehead atoms. The van der Waals surface area contributed by atoms with E-state index in [1.54, 1.807) is 0 Å². The van der Waals surface area contributed by atoms with E-state index in [1.165, 1.54) is 37.4 Å². The Hall–Kier alpha value is -2.53. The van der Waals surface area contributed by atoms with Gasteiger partial charge in [-0.05, 0) is 53.9 Å². The highest BCUT2D eigenvalue weighted by Gasteiger charge is 2.26. The molecule has 0 N–H and O–H groups in total. The van der Waals surface area contributed by atoms with Gasteiger partial charge < -0.3 is 9.64 Å². The minimum Gasteiger partial charge on any atom is -0.489 e. The van der Waals surface area contributed by atoms with Crippen molar-refractivity contribution in [2.45, 2.75) is 32.3 Å². The fourth-order valence-electron chi connectivity index (χ4n) is 3.35. The maximum atomic E-state index is 12.3. The van der Waals surface area contributed by atoms with Gasteiger partial charge in [-0.15, -0.1) is 0 Å². The van der Waals surface area contributed by atoms with Crippen LogP contribution in [-0.2, 0) is 11.4 Å². The number of aliphatic imine (C=N–C) groups is 1. The maximum absolute atomic E-state index is 12.3. The summed E-state index contributed by atoms with van der Waals surface area (Å²) >= 11 is 1.50. The average molecular weight is 393 g/mol. The van der Waals surface area contributed by atoms with Crippen molar-refractivity contribution < 1.29 is 9.53 Å². The number of ether oxygens (including phenoxy) is 1. The third-order valence-corrected chi connectivity index (χ3v) is 5.96. The highest BCUT2D eigenvalue weighted by Crippen LogP contribution is 2.31. The molecule has 2 aliphatic rings. The number of rotatable bonds is 4. The maximum Gasteiger partial charge on any atom is 0.286 e. The first-order chi connectivity index (χ1) is 13.8. The number of hydrogen-bond acceptors (Lipinski definition) is 4. The molecule has 2 heterocycles. The average Bonchev–Trinajstić information content (AvgIpc) is 2.93. The van der Waals surface area contributed by atoms with Gasteiger partial charge in [0.15, 0.2) is 5.17 Å². The zero-order valence-electron chi connectivity index (χ0n) is 15.8. The van der Waals surface area contributed by atoms with E-state index in [-0.39, 0.29) is 5.91 Å². The summed E-state index contributed by atoms with van der Waals surface area (Å²) in [6, 6.07) is 17.9. The van der Waals surface area contributed by atoms with Crippen molar-refractivity contribution in [3.8, 4) is 5.75 Å². The summed E-state index contributed by atoms with van der Waals surface area (Å²) in [4.78, 5) is 19.6. The largest absolute Gasteiger partial charge is 0.489 e. The van der Waals surface area contributed by atoms with Crippen molar-refractivity contribution in [1.82, 2.24) is 4.90 Å². The lowest BCUT2D eigenvalue weighted by Crippen LogP contribution is -2.28. The summed E-state index contributed by atoms with van der Waals surface area (Å²) in [7, 11) is 0.